The van der Waals surface area contributed by atoms with Crippen LogP contribution in [0.25, 0.3) is 11.3 Å². The fourth-order valence-electron chi connectivity index (χ4n) is 1.57. The lowest BCUT2D eigenvalue weighted by Gasteiger charge is -2.02. The van der Waals surface area contributed by atoms with Gasteiger partial charge in [-0.2, -0.15) is 0 Å². The number of rotatable bonds is 3. The summed E-state index contributed by atoms with van der Waals surface area (Å²) in [5.41, 5.74) is 10.3. The number of nitrogens with zero attached hydrogens (tertiary/aromatic N) is 1. The van der Waals surface area contributed by atoms with Crippen molar-refractivity contribution in [3.05, 3.63) is 39.7 Å². The van der Waals surface area contributed by atoms with Crippen molar-refractivity contribution < 1.29 is 0 Å². The van der Waals surface area contributed by atoms with Crippen molar-refractivity contribution in [3.8, 4) is 11.3 Å². The Morgan fingerprint density at radius 1 is 1.35 bits per heavy atom. The van der Waals surface area contributed by atoms with Gasteiger partial charge in [-0.3, -0.25) is 0 Å². The Kier molecular flexibility index (Phi) is 3.54. The average Bonchev–Trinajstić information content (AvgIpc) is 2.69. The molecule has 1 heterocycles. The Morgan fingerprint density at radius 2 is 2.12 bits per heavy atom. The third-order valence-corrected chi connectivity index (χ3v) is 3.67. The summed E-state index contributed by atoms with van der Waals surface area (Å²) in [5.74, 6) is 0. The molecule has 17 heavy (non-hydrogen) atoms. The molecule has 0 radical (unpaired) electrons. The number of hydrogen-bond donors (Lipinski definition) is 1. The van der Waals surface area contributed by atoms with Crippen LogP contribution in [0.4, 0.5) is 0 Å². The predicted octanol–water partition coefficient (Wildman–Crippen LogP) is 3.26. The smallest absolute Gasteiger partial charge is 0.1000 e. The van der Waals surface area contributed by atoms with E-state index < -0.39 is 0 Å². The first-order valence-electron chi connectivity index (χ1n) is 5.36. The van der Waals surface area contributed by atoms with Crippen LogP contribution in [0, 0.1) is 13.8 Å². The first kappa shape index (κ1) is 12.2. The molecular formula is C13H14N2S2. The summed E-state index contributed by atoms with van der Waals surface area (Å²) < 4.78 is 0. The predicted molar refractivity (Wildman–Crippen MR) is 77.5 cm³/mol. The van der Waals surface area contributed by atoms with Gasteiger partial charge in [0.2, 0.25) is 0 Å². The maximum absolute atomic E-state index is 5.51. The van der Waals surface area contributed by atoms with Crippen molar-refractivity contribution in [2.45, 2.75) is 20.3 Å². The molecule has 0 fully saturated rings. The van der Waals surface area contributed by atoms with Gasteiger partial charge in [-0.25, -0.2) is 4.98 Å². The van der Waals surface area contributed by atoms with Gasteiger partial charge in [-0.15, -0.1) is 11.3 Å². The van der Waals surface area contributed by atoms with Crippen molar-refractivity contribution in [2.75, 3.05) is 0 Å². The van der Waals surface area contributed by atoms with Crippen molar-refractivity contribution in [2.24, 2.45) is 5.73 Å². The molecule has 0 atom stereocenters. The Hall–Kier alpha value is -1.26. The summed E-state index contributed by atoms with van der Waals surface area (Å²) in [7, 11) is 0. The van der Waals surface area contributed by atoms with Crippen LogP contribution >= 0.6 is 23.6 Å². The van der Waals surface area contributed by atoms with Gasteiger partial charge in [0.05, 0.1) is 15.7 Å². The number of aryl methyl sites for hydroxylation is 2. The zero-order chi connectivity index (χ0) is 12.4. The van der Waals surface area contributed by atoms with Crippen molar-refractivity contribution in [1.29, 1.82) is 0 Å². The van der Waals surface area contributed by atoms with Gasteiger partial charge in [0.15, 0.2) is 0 Å². The molecule has 2 aromatic rings. The molecule has 0 saturated heterocycles. The number of aromatic nitrogens is 1. The van der Waals surface area contributed by atoms with Gasteiger partial charge in [-0.1, -0.05) is 24.4 Å². The summed E-state index contributed by atoms with van der Waals surface area (Å²) in [4.78, 5) is 5.03. The standard InChI is InChI=1S/C13H14N2S2/c1-8-3-4-10(5-9(8)2)11-7-17-13(15-11)6-12(14)16/h3-5,7H,6H2,1-2H3,(H2,14,16). The van der Waals surface area contributed by atoms with Gasteiger partial charge in [0, 0.05) is 17.4 Å². The van der Waals surface area contributed by atoms with Crippen LogP contribution in [-0.4, -0.2) is 9.97 Å². The largest absolute Gasteiger partial charge is 0.393 e. The molecule has 4 heteroatoms. The summed E-state index contributed by atoms with van der Waals surface area (Å²) >= 11 is 6.49. The molecule has 0 aliphatic rings. The molecule has 0 saturated carbocycles. The van der Waals surface area contributed by atoms with E-state index in [2.05, 4.69) is 42.4 Å². The molecule has 2 nitrogen and oxygen atoms in total. The zero-order valence-corrected chi connectivity index (χ0v) is 11.5. The second kappa shape index (κ2) is 4.94. The summed E-state index contributed by atoms with van der Waals surface area (Å²) in [5, 5.41) is 3.03. The molecule has 2 rings (SSSR count). The lowest BCUT2D eigenvalue weighted by atomic mass is 10.1. The third-order valence-electron chi connectivity index (χ3n) is 2.68. The van der Waals surface area contributed by atoms with E-state index in [1.165, 1.54) is 11.1 Å². The van der Waals surface area contributed by atoms with Crippen LogP contribution in [0.2, 0.25) is 0 Å². The van der Waals surface area contributed by atoms with Crippen LogP contribution in [0.5, 0.6) is 0 Å². The normalized spacial score (nSPS) is 10.5. The van der Waals surface area contributed by atoms with Gasteiger partial charge >= 0.3 is 0 Å². The minimum absolute atomic E-state index is 0.492. The summed E-state index contributed by atoms with van der Waals surface area (Å²) in [6.07, 6.45) is 0.588. The summed E-state index contributed by atoms with van der Waals surface area (Å²) in [6.45, 7) is 4.22. The Labute approximate surface area is 111 Å². The first-order valence-corrected chi connectivity index (χ1v) is 6.65. The van der Waals surface area contributed by atoms with Gasteiger partial charge < -0.3 is 5.73 Å². The second-order valence-corrected chi connectivity index (χ2v) is 5.54. The molecule has 0 aliphatic heterocycles. The minimum atomic E-state index is 0.492. The molecule has 2 N–H and O–H groups in total. The van der Waals surface area contributed by atoms with Gasteiger partial charge in [-0.05, 0) is 31.0 Å². The highest BCUT2D eigenvalue weighted by Crippen LogP contribution is 2.24. The molecule has 88 valence electrons. The van der Waals surface area contributed by atoms with E-state index in [0.717, 1.165) is 16.3 Å². The highest BCUT2D eigenvalue weighted by atomic mass is 32.1. The number of nitrogens with two attached hydrogens (primary N) is 1. The molecule has 1 aromatic heterocycles. The second-order valence-electron chi connectivity index (χ2n) is 4.07. The molecule has 1 aromatic carbocycles. The zero-order valence-electron chi connectivity index (χ0n) is 9.86. The topological polar surface area (TPSA) is 38.9 Å². The van der Waals surface area contributed by atoms with Crippen molar-refractivity contribution >= 4 is 28.5 Å². The van der Waals surface area contributed by atoms with E-state index in [-0.39, 0.29) is 0 Å². The van der Waals surface area contributed by atoms with Crippen LogP contribution in [0.1, 0.15) is 16.1 Å². The van der Waals surface area contributed by atoms with E-state index in [0.29, 0.717) is 11.4 Å². The molecule has 0 unspecified atom stereocenters. The summed E-state index contributed by atoms with van der Waals surface area (Å²) in [6, 6.07) is 6.38. The lowest BCUT2D eigenvalue weighted by Crippen LogP contribution is -2.10. The maximum atomic E-state index is 5.51. The van der Waals surface area contributed by atoms with E-state index >= 15 is 0 Å². The third kappa shape index (κ3) is 2.90. The van der Waals surface area contributed by atoms with E-state index in [1.807, 2.05) is 0 Å². The molecule has 0 aliphatic carbocycles. The van der Waals surface area contributed by atoms with Crippen LogP contribution < -0.4 is 5.73 Å². The van der Waals surface area contributed by atoms with Crippen LogP contribution in [-0.2, 0) is 6.42 Å². The minimum Gasteiger partial charge on any atom is -0.393 e. The Morgan fingerprint density at radius 3 is 2.76 bits per heavy atom. The monoisotopic (exact) mass is 262 g/mol. The average molecular weight is 262 g/mol. The quantitative estimate of drug-likeness (QED) is 0.863. The Balaban J connectivity index is 2.30. The molecule has 0 amide bonds. The van der Waals surface area contributed by atoms with Gasteiger partial charge in [0.1, 0.15) is 0 Å². The SMILES string of the molecule is Cc1ccc(-c2csc(CC(N)=S)n2)cc1C. The molecule has 0 bridgehead atoms. The highest BCUT2D eigenvalue weighted by Gasteiger charge is 2.06. The van der Waals surface area contributed by atoms with Crippen LogP contribution in [0.3, 0.4) is 0 Å². The number of thiocarbonyl (C=S) groups is 1. The first-order chi connectivity index (χ1) is 8.06. The van der Waals surface area contributed by atoms with E-state index in [4.69, 9.17) is 18.0 Å². The van der Waals surface area contributed by atoms with E-state index in [9.17, 15) is 0 Å². The Bertz CT molecular complexity index is 558. The molecular weight excluding hydrogens is 248 g/mol. The molecule has 0 spiro atoms. The van der Waals surface area contributed by atoms with Gasteiger partial charge in [0.25, 0.3) is 0 Å². The maximum Gasteiger partial charge on any atom is 0.1000 e. The number of thiazole rings is 1. The van der Waals surface area contributed by atoms with Crippen molar-refractivity contribution in [3.63, 3.8) is 0 Å². The van der Waals surface area contributed by atoms with Crippen LogP contribution in [0.15, 0.2) is 23.6 Å². The number of benzene rings is 1. The highest BCUT2D eigenvalue weighted by molar-refractivity contribution is 7.80. The number of hydrogen-bond acceptors (Lipinski definition) is 3. The lowest BCUT2D eigenvalue weighted by molar-refractivity contribution is 1.22. The fraction of sp³-hybridized carbons (Fsp3) is 0.231. The van der Waals surface area contributed by atoms with Crippen molar-refractivity contribution in [1.82, 2.24) is 4.98 Å². The fourth-order valence-corrected chi connectivity index (χ4v) is 2.63. The van der Waals surface area contributed by atoms with E-state index in [1.54, 1.807) is 11.3 Å².